The van der Waals surface area contributed by atoms with Crippen molar-refractivity contribution in [2.75, 3.05) is 0 Å². The molecule has 2 aromatic rings. The van der Waals surface area contributed by atoms with Crippen LogP contribution in [-0.4, -0.2) is 17.1 Å². The summed E-state index contributed by atoms with van der Waals surface area (Å²) in [6, 6.07) is 9.15. The van der Waals surface area contributed by atoms with Gasteiger partial charge in [-0.2, -0.15) is 0 Å². The molecule has 2 rings (SSSR count). The molecule has 2 atom stereocenters. The number of hydrogen-bond donors (Lipinski definition) is 2. The highest BCUT2D eigenvalue weighted by atomic mass is 16.4. The summed E-state index contributed by atoms with van der Waals surface area (Å²) in [7, 11) is 0. The highest BCUT2D eigenvalue weighted by Crippen LogP contribution is 2.19. The number of hydrogen-bond acceptors (Lipinski definition) is 3. The fraction of sp³-hybridized carbons (Fsp3) is 0.400. The average Bonchev–Trinajstić information content (AvgIpc) is 2.80. The van der Waals surface area contributed by atoms with E-state index in [0.717, 1.165) is 23.2 Å². The van der Waals surface area contributed by atoms with Crippen LogP contribution in [0, 0.1) is 5.92 Å². The lowest BCUT2D eigenvalue weighted by Crippen LogP contribution is -2.41. The Kier molecular flexibility index (Phi) is 4.22. The van der Waals surface area contributed by atoms with Gasteiger partial charge in [0.05, 0.1) is 6.54 Å². The van der Waals surface area contributed by atoms with Crippen LogP contribution < -0.4 is 5.32 Å². The van der Waals surface area contributed by atoms with Gasteiger partial charge in [-0.3, -0.25) is 10.1 Å². The monoisotopic (exact) mass is 261 g/mol. The van der Waals surface area contributed by atoms with Crippen molar-refractivity contribution in [2.24, 2.45) is 5.92 Å². The first kappa shape index (κ1) is 13.6. The third-order valence-electron chi connectivity index (χ3n) is 3.45. The molecule has 19 heavy (non-hydrogen) atoms. The minimum Gasteiger partial charge on any atom is -0.480 e. The summed E-state index contributed by atoms with van der Waals surface area (Å²) in [5.74, 6) is 0.0306. The molecule has 4 nitrogen and oxygen atoms in total. The van der Waals surface area contributed by atoms with Gasteiger partial charge < -0.3 is 9.52 Å². The Morgan fingerprint density at radius 2 is 2.16 bits per heavy atom. The number of carbonyl (C=O) groups is 1. The van der Waals surface area contributed by atoms with Crippen molar-refractivity contribution in [3.8, 4) is 0 Å². The maximum absolute atomic E-state index is 11.2. The van der Waals surface area contributed by atoms with Gasteiger partial charge in [-0.25, -0.2) is 0 Å². The van der Waals surface area contributed by atoms with Crippen molar-refractivity contribution >= 4 is 16.9 Å². The van der Waals surface area contributed by atoms with Gasteiger partial charge in [0.15, 0.2) is 0 Å². The molecule has 0 amide bonds. The molecule has 0 aliphatic carbocycles. The zero-order valence-electron chi connectivity index (χ0n) is 11.2. The van der Waals surface area contributed by atoms with Gasteiger partial charge in [0, 0.05) is 5.39 Å². The quantitative estimate of drug-likeness (QED) is 0.839. The highest BCUT2D eigenvalue weighted by molar-refractivity contribution is 5.77. The van der Waals surface area contributed by atoms with Crippen molar-refractivity contribution in [3.05, 3.63) is 36.1 Å². The van der Waals surface area contributed by atoms with Crippen LogP contribution in [0.4, 0.5) is 0 Å². The SMILES string of the molecule is CC[C@H](C)[C@H](NCc1cc2ccccc2o1)C(=O)O. The number of carboxylic acid groups (broad SMARTS) is 1. The summed E-state index contributed by atoms with van der Waals surface area (Å²) in [5, 5.41) is 13.3. The minimum absolute atomic E-state index is 0.0851. The van der Waals surface area contributed by atoms with Crippen molar-refractivity contribution in [1.29, 1.82) is 0 Å². The zero-order valence-corrected chi connectivity index (χ0v) is 11.2. The lowest BCUT2D eigenvalue weighted by atomic mass is 9.99. The smallest absolute Gasteiger partial charge is 0.320 e. The third-order valence-corrected chi connectivity index (χ3v) is 3.45. The van der Waals surface area contributed by atoms with E-state index in [4.69, 9.17) is 4.42 Å². The molecule has 1 heterocycles. The third kappa shape index (κ3) is 3.15. The van der Waals surface area contributed by atoms with Crippen LogP contribution >= 0.6 is 0 Å². The Balaban J connectivity index is 2.06. The van der Waals surface area contributed by atoms with Gasteiger partial charge in [-0.1, -0.05) is 38.5 Å². The van der Waals surface area contributed by atoms with Crippen molar-refractivity contribution in [2.45, 2.75) is 32.9 Å². The lowest BCUT2D eigenvalue weighted by molar-refractivity contribution is -0.140. The van der Waals surface area contributed by atoms with Gasteiger partial charge in [-0.05, 0) is 18.1 Å². The molecule has 4 heteroatoms. The number of furan rings is 1. The average molecular weight is 261 g/mol. The van der Waals surface area contributed by atoms with Crippen LogP contribution in [0.15, 0.2) is 34.7 Å². The standard InChI is InChI=1S/C15H19NO3/c1-3-10(2)14(15(17)18)16-9-12-8-11-6-4-5-7-13(11)19-12/h4-8,10,14,16H,3,9H2,1-2H3,(H,17,18)/t10-,14-/m0/s1. The summed E-state index contributed by atoms with van der Waals surface area (Å²) in [6.07, 6.45) is 0.824. The van der Waals surface area contributed by atoms with Crippen LogP contribution in [-0.2, 0) is 11.3 Å². The molecule has 2 N–H and O–H groups in total. The Morgan fingerprint density at radius 3 is 2.79 bits per heavy atom. The molecule has 0 aliphatic rings. The molecule has 0 unspecified atom stereocenters. The molecular weight excluding hydrogens is 242 g/mol. The number of nitrogens with one attached hydrogen (secondary N) is 1. The van der Waals surface area contributed by atoms with E-state index in [2.05, 4.69) is 5.32 Å². The summed E-state index contributed by atoms with van der Waals surface area (Å²) >= 11 is 0. The molecule has 0 bridgehead atoms. The summed E-state index contributed by atoms with van der Waals surface area (Å²) in [6.45, 7) is 4.35. The van der Waals surface area contributed by atoms with Crippen molar-refractivity contribution in [1.82, 2.24) is 5.32 Å². The number of aliphatic carboxylic acids is 1. The molecule has 1 aromatic heterocycles. The maximum Gasteiger partial charge on any atom is 0.320 e. The van der Waals surface area contributed by atoms with Gasteiger partial charge in [-0.15, -0.1) is 0 Å². The fourth-order valence-electron chi connectivity index (χ4n) is 2.10. The van der Waals surface area contributed by atoms with E-state index in [-0.39, 0.29) is 5.92 Å². The second kappa shape index (κ2) is 5.89. The molecule has 0 spiro atoms. The van der Waals surface area contributed by atoms with Crippen LogP contribution in [0.5, 0.6) is 0 Å². The summed E-state index contributed by atoms with van der Waals surface area (Å²) < 4.78 is 5.66. The molecule has 0 saturated carbocycles. The predicted molar refractivity (Wildman–Crippen MR) is 73.9 cm³/mol. The highest BCUT2D eigenvalue weighted by Gasteiger charge is 2.23. The number of para-hydroxylation sites is 1. The van der Waals surface area contributed by atoms with Crippen LogP contribution in [0.25, 0.3) is 11.0 Å². The second-order valence-corrected chi connectivity index (χ2v) is 4.83. The van der Waals surface area contributed by atoms with Crippen LogP contribution in [0.2, 0.25) is 0 Å². The van der Waals surface area contributed by atoms with E-state index in [1.54, 1.807) is 0 Å². The van der Waals surface area contributed by atoms with Crippen molar-refractivity contribution in [3.63, 3.8) is 0 Å². The van der Waals surface area contributed by atoms with E-state index in [1.165, 1.54) is 0 Å². The zero-order chi connectivity index (χ0) is 13.8. The predicted octanol–water partition coefficient (Wildman–Crippen LogP) is 3.02. The Labute approximate surface area is 112 Å². The number of benzene rings is 1. The van der Waals surface area contributed by atoms with E-state index >= 15 is 0 Å². The van der Waals surface area contributed by atoms with E-state index in [9.17, 15) is 9.90 Å². The normalized spacial score (nSPS) is 14.4. The first-order chi connectivity index (χ1) is 9.11. The van der Waals surface area contributed by atoms with E-state index in [1.807, 2.05) is 44.2 Å². The molecule has 1 aromatic carbocycles. The number of fused-ring (bicyclic) bond motifs is 1. The molecule has 0 aliphatic heterocycles. The largest absolute Gasteiger partial charge is 0.480 e. The van der Waals surface area contributed by atoms with Crippen molar-refractivity contribution < 1.29 is 14.3 Å². The van der Waals surface area contributed by atoms with E-state index in [0.29, 0.717) is 6.54 Å². The van der Waals surface area contributed by atoms with Crippen LogP contribution in [0.3, 0.4) is 0 Å². The second-order valence-electron chi connectivity index (χ2n) is 4.83. The molecule has 0 saturated heterocycles. The maximum atomic E-state index is 11.2. The van der Waals surface area contributed by atoms with Gasteiger partial charge in [0.1, 0.15) is 17.4 Å². The molecule has 0 radical (unpaired) electrons. The minimum atomic E-state index is -0.814. The fourth-order valence-corrected chi connectivity index (χ4v) is 2.10. The first-order valence-electron chi connectivity index (χ1n) is 6.55. The first-order valence-corrected chi connectivity index (χ1v) is 6.55. The Bertz CT molecular complexity index is 528. The lowest BCUT2D eigenvalue weighted by Gasteiger charge is -2.19. The molecular formula is C15H19NO3. The summed E-state index contributed by atoms with van der Waals surface area (Å²) in [4.78, 5) is 11.2. The Morgan fingerprint density at radius 1 is 1.42 bits per heavy atom. The number of rotatable bonds is 6. The van der Waals surface area contributed by atoms with Gasteiger partial charge in [0.25, 0.3) is 0 Å². The Hall–Kier alpha value is -1.81. The topological polar surface area (TPSA) is 62.5 Å². The molecule has 0 fully saturated rings. The number of carboxylic acids is 1. The van der Waals surface area contributed by atoms with Gasteiger partial charge in [0.2, 0.25) is 0 Å². The summed E-state index contributed by atoms with van der Waals surface area (Å²) in [5.41, 5.74) is 0.828. The van der Waals surface area contributed by atoms with Crippen LogP contribution in [0.1, 0.15) is 26.0 Å². The molecule has 102 valence electrons. The van der Waals surface area contributed by atoms with Gasteiger partial charge >= 0.3 is 5.97 Å². The van der Waals surface area contributed by atoms with E-state index < -0.39 is 12.0 Å².